The highest BCUT2D eigenvalue weighted by atomic mass is 16.5. The maximum atomic E-state index is 5.90. The summed E-state index contributed by atoms with van der Waals surface area (Å²) in [6.45, 7) is 4.54. The Balaban J connectivity index is 1.74. The van der Waals surface area contributed by atoms with Gasteiger partial charge in [-0.15, -0.1) is 0 Å². The fourth-order valence-corrected chi connectivity index (χ4v) is 2.71. The van der Waals surface area contributed by atoms with E-state index in [1.807, 2.05) is 18.2 Å². The Kier molecular flexibility index (Phi) is 3.68. The molecule has 20 heavy (non-hydrogen) atoms. The summed E-state index contributed by atoms with van der Waals surface area (Å²) >= 11 is 0. The van der Waals surface area contributed by atoms with E-state index in [2.05, 4.69) is 18.3 Å². The van der Waals surface area contributed by atoms with Crippen molar-refractivity contribution in [3.8, 4) is 5.75 Å². The third-order valence-corrected chi connectivity index (χ3v) is 3.91. The monoisotopic (exact) mass is 275 g/mol. The van der Waals surface area contributed by atoms with Gasteiger partial charge in [0.25, 0.3) is 0 Å². The molecule has 1 aromatic heterocycles. The first-order valence-corrected chi connectivity index (χ1v) is 7.08. The van der Waals surface area contributed by atoms with Gasteiger partial charge in [0.05, 0.1) is 20.3 Å². The first-order valence-electron chi connectivity index (χ1n) is 7.08. The van der Waals surface area contributed by atoms with Crippen LogP contribution in [0.1, 0.15) is 25.5 Å². The first kappa shape index (κ1) is 13.5. The summed E-state index contributed by atoms with van der Waals surface area (Å²) < 4.78 is 16.8. The predicted octanol–water partition coefficient (Wildman–Crippen LogP) is 3.10. The molecule has 0 amide bonds. The summed E-state index contributed by atoms with van der Waals surface area (Å²) in [5.41, 5.74) is 0.859. The number of para-hydroxylation sites is 1. The predicted molar refractivity (Wildman–Crippen MR) is 78.1 cm³/mol. The van der Waals surface area contributed by atoms with Gasteiger partial charge in [0.1, 0.15) is 5.76 Å². The molecule has 1 saturated heterocycles. The smallest absolute Gasteiger partial charge is 0.176 e. The van der Waals surface area contributed by atoms with Crippen molar-refractivity contribution in [1.82, 2.24) is 5.32 Å². The van der Waals surface area contributed by atoms with Gasteiger partial charge in [-0.1, -0.05) is 12.1 Å². The minimum absolute atomic E-state index is 0.0430. The van der Waals surface area contributed by atoms with E-state index in [-0.39, 0.29) is 5.54 Å². The van der Waals surface area contributed by atoms with Crippen molar-refractivity contribution in [2.24, 2.45) is 0 Å². The van der Waals surface area contributed by atoms with E-state index in [9.17, 15) is 0 Å². The summed E-state index contributed by atoms with van der Waals surface area (Å²) in [5, 5.41) is 4.63. The fourth-order valence-electron chi connectivity index (χ4n) is 2.71. The molecule has 1 fully saturated rings. The molecule has 1 N–H and O–H groups in total. The summed E-state index contributed by atoms with van der Waals surface area (Å²) in [4.78, 5) is 0. The summed E-state index contributed by atoms with van der Waals surface area (Å²) in [6.07, 6.45) is 2.24. The number of rotatable bonds is 4. The normalized spacial score (nSPS) is 23.1. The molecule has 1 aliphatic rings. The molecule has 0 saturated carbocycles. The maximum absolute atomic E-state index is 5.90. The highest BCUT2D eigenvalue weighted by Gasteiger charge is 2.27. The van der Waals surface area contributed by atoms with Crippen LogP contribution in [-0.2, 0) is 11.3 Å². The van der Waals surface area contributed by atoms with Gasteiger partial charge in [-0.3, -0.25) is 0 Å². The first-order chi connectivity index (χ1) is 9.70. The van der Waals surface area contributed by atoms with E-state index in [1.54, 1.807) is 7.11 Å². The maximum Gasteiger partial charge on any atom is 0.176 e. The number of ether oxygens (including phenoxy) is 2. The van der Waals surface area contributed by atoms with Crippen LogP contribution in [-0.4, -0.2) is 25.9 Å². The molecule has 2 aromatic rings. The third kappa shape index (κ3) is 2.67. The van der Waals surface area contributed by atoms with Crippen LogP contribution in [0.4, 0.5) is 0 Å². The van der Waals surface area contributed by atoms with E-state index >= 15 is 0 Å². The lowest BCUT2D eigenvalue weighted by Gasteiger charge is -2.34. The third-order valence-electron chi connectivity index (χ3n) is 3.91. The Bertz CT molecular complexity index is 584. The van der Waals surface area contributed by atoms with Crippen LogP contribution in [0.25, 0.3) is 11.0 Å². The van der Waals surface area contributed by atoms with Crippen LogP contribution in [0.3, 0.4) is 0 Å². The van der Waals surface area contributed by atoms with E-state index in [1.165, 1.54) is 0 Å². The molecule has 3 rings (SSSR count). The highest BCUT2D eigenvalue weighted by Crippen LogP contribution is 2.29. The number of methoxy groups -OCH3 is 1. The SMILES string of the molecule is COc1cccc2cc(CNC3(C)CCCOC3)oc12. The van der Waals surface area contributed by atoms with Gasteiger partial charge in [0.2, 0.25) is 0 Å². The summed E-state index contributed by atoms with van der Waals surface area (Å²) in [6, 6.07) is 8.00. The number of benzene rings is 1. The second-order valence-electron chi connectivity index (χ2n) is 5.66. The fraction of sp³-hybridized carbons (Fsp3) is 0.500. The molecule has 1 aliphatic heterocycles. The van der Waals surface area contributed by atoms with Crippen molar-refractivity contribution in [3.05, 3.63) is 30.0 Å². The molecular formula is C16H21NO3. The van der Waals surface area contributed by atoms with E-state index in [0.29, 0.717) is 6.54 Å². The number of furan rings is 1. The lowest BCUT2D eigenvalue weighted by Crippen LogP contribution is -2.48. The van der Waals surface area contributed by atoms with Gasteiger partial charge in [-0.2, -0.15) is 0 Å². The molecular weight excluding hydrogens is 254 g/mol. The molecule has 4 heteroatoms. The van der Waals surface area contributed by atoms with Crippen LogP contribution in [0.15, 0.2) is 28.7 Å². The lowest BCUT2D eigenvalue weighted by atomic mass is 9.95. The Morgan fingerprint density at radius 2 is 2.30 bits per heavy atom. The molecule has 1 aromatic carbocycles. The summed E-state index contributed by atoms with van der Waals surface area (Å²) in [5.74, 6) is 1.71. The lowest BCUT2D eigenvalue weighted by molar-refractivity contribution is 0.0271. The molecule has 2 heterocycles. The number of nitrogens with one attached hydrogen (secondary N) is 1. The Morgan fingerprint density at radius 1 is 1.40 bits per heavy atom. The van der Waals surface area contributed by atoms with Crippen molar-refractivity contribution >= 4 is 11.0 Å². The van der Waals surface area contributed by atoms with Gasteiger partial charge in [-0.05, 0) is 31.9 Å². The van der Waals surface area contributed by atoms with Crippen LogP contribution < -0.4 is 10.1 Å². The standard InChI is InChI=1S/C16H21NO3/c1-16(7-4-8-19-11-16)17-10-13-9-12-5-3-6-14(18-2)15(12)20-13/h3,5-6,9,17H,4,7-8,10-11H2,1-2H3. The van der Waals surface area contributed by atoms with Gasteiger partial charge >= 0.3 is 0 Å². The Morgan fingerprint density at radius 3 is 3.05 bits per heavy atom. The van der Waals surface area contributed by atoms with Crippen molar-refractivity contribution in [3.63, 3.8) is 0 Å². The second-order valence-corrected chi connectivity index (χ2v) is 5.66. The Labute approximate surface area is 119 Å². The van der Waals surface area contributed by atoms with Gasteiger partial charge < -0.3 is 19.2 Å². The number of fused-ring (bicyclic) bond motifs is 1. The van der Waals surface area contributed by atoms with Crippen molar-refractivity contribution in [2.75, 3.05) is 20.3 Å². The molecule has 0 bridgehead atoms. The second kappa shape index (κ2) is 5.46. The van der Waals surface area contributed by atoms with E-state index in [4.69, 9.17) is 13.9 Å². The molecule has 1 unspecified atom stereocenters. The zero-order chi connectivity index (χ0) is 14.0. The van der Waals surface area contributed by atoms with E-state index < -0.39 is 0 Å². The van der Waals surface area contributed by atoms with Crippen LogP contribution in [0.2, 0.25) is 0 Å². The molecule has 0 spiro atoms. The van der Waals surface area contributed by atoms with Crippen molar-refractivity contribution in [2.45, 2.75) is 31.8 Å². The molecule has 0 aliphatic carbocycles. The zero-order valence-electron chi connectivity index (χ0n) is 12.1. The van der Waals surface area contributed by atoms with E-state index in [0.717, 1.165) is 48.5 Å². The van der Waals surface area contributed by atoms with Gasteiger partial charge in [0.15, 0.2) is 11.3 Å². The zero-order valence-corrected chi connectivity index (χ0v) is 12.1. The van der Waals surface area contributed by atoms with Crippen LogP contribution in [0, 0.1) is 0 Å². The quantitative estimate of drug-likeness (QED) is 0.931. The molecule has 4 nitrogen and oxygen atoms in total. The largest absolute Gasteiger partial charge is 0.493 e. The average Bonchev–Trinajstić information content (AvgIpc) is 2.89. The van der Waals surface area contributed by atoms with Gasteiger partial charge in [0, 0.05) is 17.5 Å². The molecule has 1 atom stereocenters. The number of hydrogen-bond donors (Lipinski definition) is 1. The van der Waals surface area contributed by atoms with Gasteiger partial charge in [-0.25, -0.2) is 0 Å². The number of hydrogen-bond acceptors (Lipinski definition) is 4. The minimum Gasteiger partial charge on any atom is -0.493 e. The minimum atomic E-state index is 0.0430. The summed E-state index contributed by atoms with van der Waals surface area (Å²) in [7, 11) is 1.66. The van der Waals surface area contributed by atoms with Crippen molar-refractivity contribution < 1.29 is 13.9 Å². The Hall–Kier alpha value is -1.52. The van der Waals surface area contributed by atoms with Crippen LogP contribution >= 0.6 is 0 Å². The van der Waals surface area contributed by atoms with Crippen LogP contribution in [0.5, 0.6) is 5.75 Å². The topological polar surface area (TPSA) is 43.6 Å². The molecule has 0 radical (unpaired) electrons. The molecule has 108 valence electrons. The highest BCUT2D eigenvalue weighted by molar-refractivity contribution is 5.83. The van der Waals surface area contributed by atoms with Crippen molar-refractivity contribution in [1.29, 1.82) is 0 Å². The average molecular weight is 275 g/mol.